The maximum absolute atomic E-state index is 12.2. The summed E-state index contributed by atoms with van der Waals surface area (Å²) in [6, 6.07) is 12.4. The van der Waals surface area contributed by atoms with E-state index in [1.165, 1.54) is 10.3 Å². The predicted molar refractivity (Wildman–Crippen MR) is 85.3 cm³/mol. The van der Waals surface area contributed by atoms with Crippen LogP contribution in [0.1, 0.15) is 12.8 Å². The average Bonchev–Trinajstić information content (AvgIpc) is 2.45. The molecule has 3 rings (SSSR count). The quantitative estimate of drug-likeness (QED) is 0.840. The Morgan fingerprint density at radius 3 is 2.89 bits per heavy atom. The van der Waals surface area contributed by atoms with Gasteiger partial charge >= 0.3 is 0 Å². The molecule has 1 atom stereocenters. The van der Waals surface area contributed by atoms with Crippen molar-refractivity contribution in [3.63, 3.8) is 0 Å². The second kappa shape index (κ2) is 5.55. The highest BCUT2D eigenvalue weighted by Crippen LogP contribution is 2.41. The first kappa shape index (κ1) is 13.0. The number of halogens is 1. The van der Waals surface area contributed by atoms with Crippen LogP contribution in [0.15, 0.2) is 41.3 Å². The summed E-state index contributed by atoms with van der Waals surface area (Å²) in [5, 5.41) is 6.36. The van der Waals surface area contributed by atoms with Crippen molar-refractivity contribution in [2.24, 2.45) is 0 Å². The van der Waals surface area contributed by atoms with Gasteiger partial charge in [0.05, 0.1) is 10.9 Å². The Labute approximate surface area is 125 Å². The Hall–Kier alpha value is -1.000. The van der Waals surface area contributed by atoms with Crippen molar-refractivity contribution in [2.75, 3.05) is 10.6 Å². The summed E-state index contributed by atoms with van der Waals surface area (Å²) in [6.07, 6.45) is 1.93. The van der Waals surface area contributed by atoms with Crippen LogP contribution in [0.5, 0.6) is 0 Å². The summed E-state index contributed by atoms with van der Waals surface area (Å²) in [7, 11) is 0. The number of thioether (sulfide) groups is 1. The Morgan fingerprint density at radius 2 is 2.05 bits per heavy atom. The molecule has 1 unspecified atom stereocenters. The molecule has 2 aromatic rings. The van der Waals surface area contributed by atoms with Gasteiger partial charge in [0, 0.05) is 15.6 Å². The van der Waals surface area contributed by atoms with Gasteiger partial charge in [-0.25, -0.2) is 0 Å². The largest absolute Gasteiger partial charge is 0.324 e. The summed E-state index contributed by atoms with van der Waals surface area (Å²) < 4.78 is 0. The third-order valence-electron chi connectivity index (χ3n) is 3.30. The van der Waals surface area contributed by atoms with Gasteiger partial charge in [0.25, 0.3) is 0 Å². The topological polar surface area (TPSA) is 29.1 Å². The fourth-order valence-corrected chi connectivity index (χ4v) is 3.85. The van der Waals surface area contributed by atoms with Crippen LogP contribution in [0.4, 0.5) is 5.69 Å². The van der Waals surface area contributed by atoms with E-state index in [4.69, 9.17) is 0 Å². The lowest BCUT2D eigenvalue weighted by atomic mass is 10.1. The predicted octanol–water partition coefficient (Wildman–Crippen LogP) is 4.43. The van der Waals surface area contributed by atoms with Gasteiger partial charge in [-0.3, -0.25) is 4.79 Å². The summed E-state index contributed by atoms with van der Waals surface area (Å²) in [5.41, 5.74) is 0.975. The van der Waals surface area contributed by atoms with Gasteiger partial charge in [-0.15, -0.1) is 11.8 Å². The highest BCUT2D eigenvalue weighted by molar-refractivity contribution is 9.09. The van der Waals surface area contributed by atoms with Crippen molar-refractivity contribution >= 4 is 50.1 Å². The van der Waals surface area contributed by atoms with Gasteiger partial charge in [-0.05, 0) is 24.3 Å². The summed E-state index contributed by atoms with van der Waals surface area (Å²) in [4.78, 5) is 13.3. The van der Waals surface area contributed by atoms with Crippen molar-refractivity contribution in [2.45, 2.75) is 23.0 Å². The molecular formula is C15H14BrNOS. The second-order valence-corrected chi connectivity index (χ2v) is 6.62. The molecule has 19 heavy (non-hydrogen) atoms. The smallest absolute Gasteiger partial charge is 0.237 e. The Balaban J connectivity index is 1.98. The number of amides is 1. The van der Waals surface area contributed by atoms with Crippen LogP contribution in [0.25, 0.3) is 10.8 Å². The molecule has 0 saturated heterocycles. The molecule has 4 heteroatoms. The van der Waals surface area contributed by atoms with Crippen molar-refractivity contribution in [3.8, 4) is 0 Å². The number of anilines is 1. The van der Waals surface area contributed by atoms with Crippen molar-refractivity contribution in [1.82, 2.24) is 0 Å². The molecule has 0 aromatic heterocycles. The van der Waals surface area contributed by atoms with E-state index >= 15 is 0 Å². The molecule has 0 spiro atoms. The molecule has 1 heterocycles. The zero-order chi connectivity index (χ0) is 13.2. The second-order valence-electron chi connectivity index (χ2n) is 4.59. The summed E-state index contributed by atoms with van der Waals surface area (Å²) in [5.74, 6) is 0.134. The number of alkyl halides is 1. The molecule has 0 bridgehead atoms. The van der Waals surface area contributed by atoms with Crippen LogP contribution in [0.3, 0.4) is 0 Å². The highest BCUT2D eigenvalue weighted by atomic mass is 79.9. The maximum atomic E-state index is 12.2. The Bertz CT molecular complexity index is 629. The molecule has 0 aliphatic carbocycles. The van der Waals surface area contributed by atoms with Gasteiger partial charge in [-0.2, -0.15) is 0 Å². The molecule has 0 fully saturated rings. The molecule has 98 valence electrons. The number of fused-ring (bicyclic) bond motifs is 3. The third-order valence-corrected chi connectivity index (χ3v) is 5.19. The molecule has 1 aliphatic heterocycles. The molecule has 0 radical (unpaired) electrons. The normalized spacial score (nSPS) is 18.2. The Kier molecular flexibility index (Phi) is 3.80. The maximum Gasteiger partial charge on any atom is 0.237 e. The number of carbonyl (C=O) groups excluding carboxylic acids is 1. The van der Waals surface area contributed by atoms with E-state index in [0.29, 0.717) is 0 Å². The Morgan fingerprint density at radius 1 is 1.21 bits per heavy atom. The number of hydrogen-bond acceptors (Lipinski definition) is 2. The van der Waals surface area contributed by atoms with Crippen LogP contribution in [0.2, 0.25) is 0 Å². The molecule has 0 saturated carbocycles. The SMILES string of the molecule is O=C1Nc2c(ccc3ccccc23)SC1CCCBr. The zero-order valence-electron chi connectivity index (χ0n) is 10.4. The molecule has 2 aromatic carbocycles. The van der Waals surface area contributed by atoms with Crippen LogP contribution >= 0.6 is 27.7 Å². The minimum Gasteiger partial charge on any atom is -0.324 e. The number of nitrogens with one attached hydrogen (secondary N) is 1. The van der Waals surface area contributed by atoms with Crippen LogP contribution in [-0.2, 0) is 4.79 Å². The standard InChI is InChI=1S/C15H14BrNOS/c16-9-3-6-13-15(18)17-14-11-5-2-1-4-10(11)7-8-12(14)19-13/h1-2,4-5,7-8,13H,3,6,9H2,(H,17,18). The van der Waals surface area contributed by atoms with Crippen LogP contribution in [0, 0.1) is 0 Å². The van der Waals surface area contributed by atoms with Gasteiger partial charge in [-0.1, -0.05) is 46.3 Å². The zero-order valence-corrected chi connectivity index (χ0v) is 12.8. The molecule has 1 N–H and O–H groups in total. The lowest BCUT2D eigenvalue weighted by Gasteiger charge is -2.25. The first-order valence-electron chi connectivity index (χ1n) is 6.35. The minimum absolute atomic E-state index is 0.0335. The lowest BCUT2D eigenvalue weighted by Crippen LogP contribution is -2.29. The summed E-state index contributed by atoms with van der Waals surface area (Å²) in [6.45, 7) is 0. The van der Waals surface area contributed by atoms with Crippen molar-refractivity contribution < 1.29 is 4.79 Å². The van der Waals surface area contributed by atoms with Gasteiger partial charge < -0.3 is 5.32 Å². The van der Waals surface area contributed by atoms with E-state index in [2.05, 4.69) is 45.5 Å². The fraction of sp³-hybridized carbons (Fsp3) is 0.267. The first-order valence-corrected chi connectivity index (χ1v) is 8.35. The highest BCUT2D eigenvalue weighted by Gasteiger charge is 2.27. The molecule has 1 amide bonds. The average molecular weight is 336 g/mol. The van der Waals surface area contributed by atoms with E-state index in [-0.39, 0.29) is 11.2 Å². The van der Waals surface area contributed by atoms with E-state index in [9.17, 15) is 4.79 Å². The monoisotopic (exact) mass is 335 g/mol. The number of carbonyl (C=O) groups is 1. The van der Waals surface area contributed by atoms with E-state index in [0.717, 1.165) is 29.2 Å². The van der Waals surface area contributed by atoms with E-state index in [1.807, 2.05) is 12.1 Å². The van der Waals surface area contributed by atoms with Gasteiger partial charge in [0.2, 0.25) is 5.91 Å². The fourth-order valence-electron chi connectivity index (χ4n) is 2.34. The van der Waals surface area contributed by atoms with Gasteiger partial charge in [0.15, 0.2) is 0 Å². The number of hydrogen-bond donors (Lipinski definition) is 1. The van der Waals surface area contributed by atoms with Gasteiger partial charge in [0.1, 0.15) is 0 Å². The molecule has 1 aliphatic rings. The first-order chi connectivity index (χ1) is 9.29. The van der Waals surface area contributed by atoms with E-state index in [1.54, 1.807) is 11.8 Å². The van der Waals surface area contributed by atoms with Crippen LogP contribution in [-0.4, -0.2) is 16.5 Å². The molecular weight excluding hydrogens is 322 g/mol. The number of rotatable bonds is 3. The molecule has 2 nitrogen and oxygen atoms in total. The van der Waals surface area contributed by atoms with Crippen molar-refractivity contribution in [3.05, 3.63) is 36.4 Å². The summed E-state index contributed by atoms with van der Waals surface area (Å²) >= 11 is 5.11. The minimum atomic E-state index is 0.0335. The third kappa shape index (κ3) is 2.51. The van der Waals surface area contributed by atoms with Crippen molar-refractivity contribution in [1.29, 1.82) is 0 Å². The van der Waals surface area contributed by atoms with Crippen LogP contribution < -0.4 is 5.32 Å². The van der Waals surface area contributed by atoms with E-state index < -0.39 is 0 Å². The lowest BCUT2D eigenvalue weighted by molar-refractivity contribution is -0.115. The number of benzene rings is 2.